The minimum atomic E-state index is -0.0275. The van der Waals surface area contributed by atoms with E-state index in [1.165, 1.54) is 0 Å². The number of rotatable bonds is 5. The van der Waals surface area contributed by atoms with Crippen molar-refractivity contribution in [1.82, 2.24) is 15.1 Å². The van der Waals surface area contributed by atoms with E-state index in [1.807, 2.05) is 13.8 Å². The van der Waals surface area contributed by atoms with Gasteiger partial charge in [-0.15, -0.1) is 0 Å². The molecule has 0 aromatic rings. The average molecular weight is 243 g/mol. The lowest BCUT2D eigenvalue weighted by Crippen LogP contribution is -2.54. The summed E-state index contributed by atoms with van der Waals surface area (Å²) in [5.74, 6) is -0.0275. The maximum absolute atomic E-state index is 11.5. The number of hydrogen-bond donors (Lipinski definition) is 1. The zero-order valence-electron chi connectivity index (χ0n) is 11.4. The summed E-state index contributed by atoms with van der Waals surface area (Å²) in [6.45, 7) is 7.86. The first-order valence-electron chi connectivity index (χ1n) is 6.26. The monoisotopic (exact) mass is 243 g/mol. The van der Waals surface area contributed by atoms with E-state index in [9.17, 15) is 4.79 Å². The van der Waals surface area contributed by atoms with Crippen molar-refractivity contribution in [2.24, 2.45) is 0 Å². The van der Waals surface area contributed by atoms with Crippen LogP contribution in [0.5, 0.6) is 0 Å². The van der Waals surface area contributed by atoms with Crippen LogP contribution in [0.15, 0.2) is 0 Å². The highest BCUT2D eigenvalue weighted by atomic mass is 16.5. The van der Waals surface area contributed by atoms with Gasteiger partial charge in [-0.2, -0.15) is 0 Å². The van der Waals surface area contributed by atoms with Gasteiger partial charge >= 0.3 is 0 Å². The SMILES string of the molecule is CC(C)OCC(=O)NCC1CN(C)CCN1C. The van der Waals surface area contributed by atoms with Crippen molar-refractivity contribution in [3.63, 3.8) is 0 Å². The number of nitrogens with zero attached hydrogens (tertiary/aromatic N) is 2. The van der Waals surface area contributed by atoms with Crippen LogP contribution in [0.4, 0.5) is 0 Å². The zero-order chi connectivity index (χ0) is 12.8. The predicted molar refractivity (Wildman–Crippen MR) is 68.0 cm³/mol. The van der Waals surface area contributed by atoms with E-state index in [2.05, 4.69) is 29.2 Å². The molecule has 0 radical (unpaired) electrons. The molecule has 1 fully saturated rings. The first-order chi connectivity index (χ1) is 7.99. The fourth-order valence-corrected chi connectivity index (χ4v) is 1.85. The average Bonchev–Trinajstić information content (AvgIpc) is 2.27. The Bertz CT molecular complexity index is 246. The Balaban J connectivity index is 2.22. The minimum absolute atomic E-state index is 0.0275. The van der Waals surface area contributed by atoms with E-state index in [4.69, 9.17) is 4.74 Å². The number of nitrogens with one attached hydrogen (secondary N) is 1. The smallest absolute Gasteiger partial charge is 0.246 e. The summed E-state index contributed by atoms with van der Waals surface area (Å²) in [6.07, 6.45) is 0.101. The number of likely N-dealkylation sites (N-methyl/N-ethyl adjacent to an activating group) is 2. The Kier molecular flexibility index (Phi) is 5.88. The molecule has 5 heteroatoms. The van der Waals surface area contributed by atoms with Crippen LogP contribution in [0.25, 0.3) is 0 Å². The molecule has 1 rings (SSSR count). The van der Waals surface area contributed by atoms with Crippen LogP contribution in [0, 0.1) is 0 Å². The largest absolute Gasteiger partial charge is 0.369 e. The second kappa shape index (κ2) is 6.93. The van der Waals surface area contributed by atoms with Crippen LogP contribution in [-0.2, 0) is 9.53 Å². The molecular weight excluding hydrogens is 218 g/mol. The third kappa shape index (κ3) is 5.48. The van der Waals surface area contributed by atoms with Crippen LogP contribution >= 0.6 is 0 Å². The van der Waals surface area contributed by atoms with Crippen molar-refractivity contribution in [1.29, 1.82) is 0 Å². The van der Waals surface area contributed by atoms with Gasteiger partial charge in [0.25, 0.3) is 0 Å². The fraction of sp³-hybridized carbons (Fsp3) is 0.917. The first-order valence-corrected chi connectivity index (χ1v) is 6.26. The van der Waals surface area contributed by atoms with Crippen molar-refractivity contribution in [2.75, 3.05) is 46.9 Å². The molecule has 1 saturated heterocycles. The molecule has 100 valence electrons. The van der Waals surface area contributed by atoms with Gasteiger partial charge in [0.15, 0.2) is 0 Å². The topological polar surface area (TPSA) is 44.8 Å². The molecule has 1 atom stereocenters. The van der Waals surface area contributed by atoms with Gasteiger partial charge in [0.1, 0.15) is 6.61 Å². The van der Waals surface area contributed by atoms with Crippen LogP contribution in [-0.4, -0.2) is 74.7 Å². The molecule has 0 saturated carbocycles. The van der Waals surface area contributed by atoms with Gasteiger partial charge in [-0.1, -0.05) is 0 Å². The normalized spacial score (nSPS) is 23.0. The summed E-state index contributed by atoms with van der Waals surface area (Å²) in [5, 5.41) is 2.93. The number of carbonyl (C=O) groups is 1. The molecule has 1 heterocycles. The van der Waals surface area contributed by atoms with Gasteiger partial charge in [0.05, 0.1) is 6.10 Å². The van der Waals surface area contributed by atoms with Crippen molar-refractivity contribution in [3.8, 4) is 0 Å². The van der Waals surface area contributed by atoms with Crippen molar-refractivity contribution < 1.29 is 9.53 Å². The maximum atomic E-state index is 11.5. The molecule has 1 aliphatic heterocycles. The second-order valence-electron chi connectivity index (χ2n) is 5.06. The maximum Gasteiger partial charge on any atom is 0.246 e. The Morgan fingerprint density at radius 1 is 1.41 bits per heavy atom. The van der Waals surface area contributed by atoms with Gasteiger partial charge in [0.2, 0.25) is 5.91 Å². The number of carbonyl (C=O) groups excluding carboxylic acids is 1. The number of hydrogen-bond acceptors (Lipinski definition) is 4. The number of amides is 1. The van der Waals surface area contributed by atoms with Crippen LogP contribution in [0.2, 0.25) is 0 Å². The van der Waals surface area contributed by atoms with Crippen molar-refractivity contribution in [3.05, 3.63) is 0 Å². The molecule has 0 bridgehead atoms. The zero-order valence-corrected chi connectivity index (χ0v) is 11.4. The van der Waals surface area contributed by atoms with E-state index in [0.29, 0.717) is 12.6 Å². The predicted octanol–water partition coefficient (Wildman–Crippen LogP) is -0.227. The van der Waals surface area contributed by atoms with E-state index < -0.39 is 0 Å². The lowest BCUT2D eigenvalue weighted by atomic mass is 10.2. The van der Waals surface area contributed by atoms with Gasteiger partial charge in [0, 0.05) is 32.2 Å². The Morgan fingerprint density at radius 2 is 2.12 bits per heavy atom. The summed E-state index contributed by atoms with van der Waals surface area (Å²) in [5.41, 5.74) is 0. The molecule has 0 aromatic carbocycles. The van der Waals surface area contributed by atoms with Gasteiger partial charge in [-0.3, -0.25) is 9.69 Å². The molecule has 1 aliphatic rings. The lowest BCUT2D eigenvalue weighted by molar-refractivity contribution is -0.127. The minimum Gasteiger partial charge on any atom is -0.369 e. The lowest BCUT2D eigenvalue weighted by Gasteiger charge is -2.37. The van der Waals surface area contributed by atoms with Gasteiger partial charge in [-0.05, 0) is 27.9 Å². The molecule has 1 amide bonds. The standard InChI is InChI=1S/C12H25N3O2/c1-10(2)17-9-12(16)13-7-11-8-14(3)5-6-15(11)4/h10-11H,5-9H2,1-4H3,(H,13,16). The second-order valence-corrected chi connectivity index (χ2v) is 5.06. The Hall–Kier alpha value is -0.650. The van der Waals surface area contributed by atoms with Crippen LogP contribution in [0.3, 0.4) is 0 Å². The number of piperazine rings is 1. The molecular formula is C12H25N3O2. The third-order valence-electron chi connectivity index (χ3n) is 3.06. The fourth-order valence-electron chi connectivity index (χ4n) is 1.85. The van der Waals surface area contributed by atoms with E-state index in [-0.39, 0.29) is 18.6 Å². The summed E-state index contributed by atoms with van der Waals surface area (Å²) < 4.78 is 5.26. The van der Waals surface area contributed by atoms with Gasteiger partial charge < -0.3 is 15.0 Å². The summed E-state index contributed by atoms with van der Waals surface area (Å²) in [4.78, 5) is 16.1. The molecule has 1 unspecified atom stereocenters. The van der Waals surface area contributed by atoms with Crippen LogP contribution < -0.4 is 5.32 Å². The third-order valence-corrected chi connectivity index (χ3v) is 3.06. The quantitative estimate of drug-likeness (QED) is 0.725. The van der Waals surface area contributed by atoms with Crippen LogP contribution in [0.1, 0.15) is 13.8 Å². The molecule has 0 aromatic heterocycles. The van der Waals surface area contributed by atoms with Crippen molar-refractivity contribution >= 4 is 5.91 Å². The van der Waals surface area contributed by atoms with E-state index in [1.54, 1.807) is 0 Å². The summed E-state index contributed by atoms with van der Waals surface area (Å²) in [7, 11) is 4.22. The summed E-state index contributed by atoms with van der Waals surface area (Å²) >= 11 is 0. The molecule has 5 nitrogen and oxygen atoms in total. The first kappa shape index (κ1) is 14.4. The van der Waals surface area contributed by atoms with Gasteiger partial charge in [-0.25, -0.2) is 0 Å². The Morgan fingerprint density at radius 3 is 2.76 bits per heavy atom. The van der Waals surface area contributed by atoms with E-state index in [0.717, 1.165) is 19.6 Å². The highest BCUT2D eigenvalue weighted by Crippen LogP contribution is 2.04. The highest BCUT2D eigenvalue weighted by Gasteiger charge is 2.22. The summed E-state index contributed by atoms with van der Waals surface area (Å²) in [6, 6.07) is 0.400. The Labute approximate surface area is 104 Å². The highest BCUT2D eigenvalue weighted by molar-refractivity contribution is 5.77. The number of ether oxygens (including phenoxy) is 1. The molecule has 1 N–H and O–H groups in total. The molecule has 0 aliphatic carbocycles. The van der Waals surface area contributed by atoms with Crippen molar-refractivity contribution in [2.45, 2.75) is 26.0 Å². The molecule has 17 heavy (non-hydrogen) atoms. The van der Waals surface area contributed by atoms with E-state index >= 15 is 0 Å². The molecule has 0 spiro atoms.